The van der Waals surface area contributed by atoms with Crippen LogP contribution in [0, 0.1) is 5.92 Å². The first-order valence-corrected chi connectivity index (χ1v) is 6.91. The lowest BCUT2D eigenvalue weighted by Gasteiger charge is -2.23. The number of carboxylic acid groups (broad SMARTS) is 1. The molecule has 0 radical (unpaired) electrons. The predicted octanol–water partition coefficient (Wildman–Crippen LogP) is 1.47. The van der Waals surface area contributed by atoms with Crippen molar-refractivity contribution >= 4 is 6.09 Å². The minimum atomic E-state index is -1.12. The zero-order chi connectivity index (χ0) is 15.0. The Morgan fingerprint density at radius 2 is 1.85 bits per heavy atom. The van der Waals surface area contributed by atoms with Gasteiger partial charge < -0.3 is 20.8 Å². The second kappa shape index (κ2) is 8.55. The fourth-order valence-electron chi connectivity index (χ4n) is 1.97. The quantitative estimate of drug-likeness (QED) is 0.581. The van der Waals surface area contributed by atoms with Gasteiger partial charge in [0, 0.05) is 6.54 Å². The maximum atomic E-state index is 10.8. The minimum Gasteiger partial charge on any atom is -0.465 e. The van der Waals surface area contributed by atoms with Crippen LogP contribution in [0.4, 0.5) is 4.79 Å². The van der Waals surface area contributed by atoms with Crippen molar-refractivity contribution < 1.29 is 15.0 Å². The molecule has 0 aliphatic heterocycles. The van der Waals surface area contributed by atoms with Gasteiger partial charge in [0.1, 0.15) is 0 Å². The highest BCUT2D eigenvalue weighted by Gasteiger charge is 2.21. The number of hydrogen-bond acceptors (Lipinski definition) is 3. The Morgan fingerprint density at radius 3 is 2.40 bits per heavy atom. The van der Waals surface area contributed by atoms with Crippen molar-refractivity contribution in [2.45, 2.75) is 32.4 Å². The van der Waals surface area contributed by atoms with Gasteiger partial charge in [-0.25, -0.2) is 4.79 Å². The molecular weight excluding hydrogens is 256 g/mol. The maximum absolute atomic E-state index is 10.8. The van der Waals surface area contributed by atoms with Crippen molar-refractivity contribution in [2.75, 3.05) is 13.1 Å². The van der Waals surface area contributed by atoms with Crippen molar-refractivity contribution in [1.29, 1.82) is 0 Å². The normalized spacial score (nSPS) is 14.0. The van der Waals surface area contributed by atoms with E-state index in [1.165, 1.54) is 0 Å². The van der Waals surface area contributed by atoms with Gasteiger partial charge in [-0.05, 0) is 24.4 Å². The summed E-state index contributed by atoms with van der Waals surface area (Å²) in [5.74, 6) is 0.488. The number of aliphatic hydroxyl groups is 1. The van der Waals surface area contributed by atoms with E-state index in [9.17, 15) is 9.90 Å². The molecule has 0 saturated heterocycles. The monoisotopic (exact) mass is 280 g/mol. The molecule has 1 aromatic rings. The van der Waals surface area contributed by atoms with Crippen molar-refractivity contribution in [3.8, 4) is 0 Å². The molecule has 0 fully saturated rings. The third-order valence-corrected chi connectivity index (χ3v) is 2.98. The lowest BCUT2D eigenvalue weighted by molar-refractivity contribution is 0.117. The van der Waals surface area contributed by atoms with Crippen molar-refractivity contribution in [3.63, 3.8) is 0 Å². The number of rotatable bonds is 8. The third kappa shape index (κ3) is 6.54. The van der Waals surface area contributed by atoms with Crippen LogP contribution in [0.25, 0.3) is 0 Å². The van der Waals surface area contributed by atoms with Crippen LogP contribution in [-0.4, -0.2) is 41.5 Å². The van der Waals surface area contributed by atoms with E-state index < -0.39 is 18.2 Å². The van der Waals surface area contributed by atoms with Gasteiger partial charge in [0.25, 0.3) is 0 Å². The van der Waals surface area contributed by atoms with E-state index in [0.717, 1.165) is 12.1 Å². The summed E-state index contributed by atoms with van der Waals surface area (Å²) in [6.45, 7) is 5.32. The highest BCUT2D eigenvalue weighted by molar-refractivity contribution is 5.65. The first-order chi connectivity index (χ1) is 9.49. The molecule has 1 aromatic carbocycles. The highest BCUT2D eigenvalue weighted by atomic mass is 16.4. The zero-order valence-corrected chi connectivity index (χ0v) is 12.0. The fourth-order valence-corrected chi connectivity index (χ4v) is 1.97. The van der Waals surface area contributed by atoms with Crippen molar-refractivity contribution in [1.82, 2.24) is 10.6 Å². The van der Waals surface area contributed by atoms with Gasteiger partial charge in [0.05, 0.1) is 12.1 Å². The highest BCUT2D eigenvalue weighted by Crippen LogP contribution is 2.06. The summed E-state index contributed by atoms with van der Waals surface area (Å²) in [5, 5.41) is 24.6. The maximum Gasteiger partial charge on any atom is 0.404 e. The third-order valence-electron chi connectivity index (χ3n) is 2.98. The molecule has 0 aromatic heterocycles. The standard InChI is InChI=1S/C15H24N2O3/c1-11(2)9-16-10-14(18)13(17-15(19)20)8-12-6-4-3-5-7-12/h3-7,11,13-14,16-18H,8-10H2,1-2H3,(H,19,20). The molecule has 0 bridgehead atoms. The SMILES string of the molecule is CC(C)CNCC(O)C(Cc1ccccc1)NC(=O)O. The van der Waals surface area contributed by atoms with Gasteiger partial charge in [-0.3, -0.25) is 0 Å². The van der Waals surface area contributed by atoms with E-state index in [2.05, 4.69) is 24.5 Å². The Hall–Kier alpha value is -1.59. The van der Waals surface area contributed by atoms with Crippen molar-refractivity contribution in [2.24, 2.45) is 5.92 Å². The number of hydrogen-bond donors (Lipinski definition) is 4. The van der Waals surface area contributed by atoms with Crippen LogP contribution >= 0.6 is 0 Å². The molecule has 0 aliphatic rings. The van der Waals surface area contributed by atoms with Crippen LogP contribution in [0.2, 0.25) is 0 Å². The number of carbonyl (C=O) groups is 1. The van der Waals surface area contributed by atoms with Crippen LogP contribution in [-0.2, 0) is 6.42 Å². The van der Waals surface area contributed by atoms with Crippen LogP contribution < -0.4 is 10.6 Å². The number of amides is 1. The van der Waals surface area contributed by atoms with Crippen molar-refractivity contribution in [3.05, 3.63) is 35.9 Å². The van der Waals surface area contributed by atoms with E-state index in [0.29, 0.717) is 18.9 Å². The smallest absolute Gasteiger partial charge is 0.404 e. The topological polar surface area (TPSA) is 81.6 Å². The Balaban J connectivity index is 2.56. The molecule has 0 saturated carbocycles. The van der Waals surface area contributed by atoms with E-state index in [1.807, 2.05) is 30.3 Å². The summed E-state index contributed by atoms with van der Waals surface area (Å²) in [7, 11) is 0. The molecule has 2 atom stereocenters. The Morgan fingerprint density at radius 1 is 1.20 bits per heavy atom. The van der Waals surface area contributed by atoms with E-state index in [4.69, 9.17) is 5.11 Å². The molecule has 20 heavy (non-hydrogen) atoms. The van der Waals surface area contributed by atoms with E-state index in [-0.39, 0.29) is 0 Å². The second-order valence-electron chi connectivity index (χ2n) is 5.37. The fraction of sp³-hybridized carbons (Fsp3) is 0.533. The number of aliphatic hydroxyl groups excluding tert-OH is 1. The van der Waals surface area contributed by atoms with Gasteiger partial charge in [-0.2, -0.15) is 0 Å². The van der Waals surface area contributed by atoms with Crippen LogP contribution in [0.5, 0.6) is 0 Å². The average Bonchev–Trinajstić information content (AvgIpc) is 2.38. The lowest BCUT2D eigenvalue weighted by Crippen LogP contribution is -2.48. The van der Waals surface area contributed by atoms with Gasteiger partial charge in [-0.1, -0.05) is 44.2 Å². The predicted molar refractivity (Wildman–Crippen MR) is 78.8 cm³/mol. The molecule has 1 amide bonds. The molecule has 1 rings (SSSR count). The summed E-state index contributed by atoms with van der Waals surface area (Å²) < 4.78 is 0. The van der Waals surface area contributed by atoms with Gasteiger partial charge in [-0.15, -0.1) is 0 Å². The molecule has 2 unspecified atom stereocenters. The number of nitrogens with one attached hydrogen (secondary N) is 2. The van der Waals surface area contributed by atoms with E-state index >= 15 is 0 Å². The molecule has 0 heterocycles. The van der Waals surface area contributed by atoms with Gasteiger partial charge in [0.15, 0.2) is 0 Å². The summed E-state index contributed by atoms with van der Waals surface area (Å²) >= 11 is 0. The van der Waals surface area contributed by atoms with E-state index in [1.54, 1.807) is 0 Å². The molecular formula is C15H24N2O3. The van der Waals surface area contributed by atoms with Crippen LogP contribution in [0.3, 0.4) is 0 Å². The average molecular weight is 280 g/mol. The minimum absolute atomic E-state index is 0.371. The van der Waals surface area contributed by atoms with Crippen LogP contribution in [0.1, 0.15) is 19.4 Å². The largest absolute Gasteiger partial charge is 0.465 e. The summed E-state index contributed by atoms with van der Waals surface area (Å²) in [6, 6.07) is 9.03. The number of benzene rings is 1. The summed E-state index contributed by atoms with van der Waals surface area (Å²) in [4.78, 5) is 10.8. The molecule has 0 aliphatic carbocycles. The molecule has 112 valence electrons. The zero-order valence-electron chi connectivity index (χ0n) is 12.0. The first kappa shape index (κ1) is 16.5. The Labute approximate surface area is 120 Å². The lowest BCUT2D eigenvalue weighted by atomic mass is 10.0. The second-order valence-corrected chi connectivity index (χ2v) is 5.37. The first-order valence-electron chi connectivity index (χ1n) is 6.91. The summed E-state index contributed by atoms with van der Waals surface area (Å²) in [6.07, 6.45) is -1.41. The molecule has 5 nitrogen and oxygen atoms in total. The molecule has 0 spiro atoms. The Kier molecular flexibility index (Phi) is 7.04. The molecule has 4 N–H and O–H groups in total. The van der Waals surface area contributed by atoms with Gasteiger partial charge in [0.2, 0.25) is 0 Å². The van der Waals surface area contributed by atoms with Gasteiger partial charge >= 0.3 is 6.09 Å². The molecule has 5 heteroatoms. The summed E-state index contributed by atoms with van der Waals surface area (Å²) in [5.41, 5.74) is 0.995. The van der Waals surface area contributed by atoms with Crippen LogP contribution in [0.15, 0.2) is 30.3 Å². The Bertz CT molecular complexity index is 395.